The molecule has 5 heteroatoms. The summed E-state index contributed by atoms with van der Waals surface area (Å²) in [6, 6.07) is 3.29. The SMILES string of the molecule is Fc1cc(F)cc(OC2CN(CCC3COC3)C2)c1. The molecule has 104 valence electrons. The molecule has 0 amide bonds. The molecular formula is C14H17F2NO2. The molecule has 0 unspecified atom stereocenters. The van der Waals surface area contributed by atoms with E-state index >= 15 is 0 Å². The third-order valence-electron chi connectivity index (χ3n) is 3.62. The van der Waals surface area contributed by atoms with Gasteiger partial charge in [0.25, 0.3) is 0 Å². The summed E-state index contributed by atoms with van der Waals surface area (Å²) < 4.78 is 36.6. The van der Waals surface area contributed by atoms with Crippen molar-refractivity contribution in [2.24, 2.45) is 5.92 Å². The number of hydrogen-bond acceptors (Lipinski definition) is 3. The average Bonchev–Trinajstić information content (AvgIpc) is 2.21. The second kappa shape index (κ2) is 5.43. The van der Waals surface area contributed by atoms with Crippen molar-refractivity contribution in [2.75, 3.05) is 32.8 Å². The minimum atomic E-state index is -0.601. The van der Waals surface area contributed by atoms with Gasteiger partial charge >= 0.3 is 0 Å². The van der Waals surface area contributed by atoms with Gasteiger partial charge in [-0.1, -0.05) is 0 Å². The third-order valence-corrected chi connectivity index (χ3v) is 3.62. The Bertz CT molecular complexity index is 425. The molecule has 2 aliphatic rings. The molecule has 0 spiro atoms. The smallest absolute Gasteiger partial charge is 0.129 e. The third kappa shape index (κ3) is 3.22. The van der Waals surface area contributed by atoms with E-state index in [2.05, 4.69) is 4.90 Å². The van der Waals surface area contributed by atoms with E-state index in [4.69, 9.17) is 9.47 Å². The molecule has 0 atom stereocenters. The van der Waals surface area contributed by atoms with Gasteiger partial charge in [0.15, 0.2) is 0 Å². The van der Waals surface area contributed by atoms with Gasteiger partial charge < -0.3 is 9.47 Å². The van der Waals surface area contributed by atoms with Crippen LogP contribution in [0.5, 0.6) is 5.75 Å². The summed E-state index contributed by atoms with van der Waals surface area (Å²) in [7, 11) is 0. The topological polar surface area (TPSA) is 21.7 Å². The van der Waals surface area contributed by atoms with Crippen LogP contribution in [-0.2, 0) is 4.74 Å². The summed E-state index contributed by atoms with van der Waals surface area (Å²) in [4.78, 5) is 2.29. The van der Waals surface area contributed by atoms with Crippen LogP contribution < -0.4 is 4.74 Å². The lowest BCUT2D eigenvalue weighted by atomic mass is 10.0. The van der Waals surface area contributed by atoms with Crippen molar-refractivity contribution in [3.05, 3.63) is 29.8 Å². The van der Waals surface area contributed by atoms with Crippen LogP contribution >= 0.6 is 0 Å². The summed E-state index contributed by atoms with van der Waals surface area (Å²) in [6.07, 6.45) is 1.19. The van der Waals surface area contributed by atoms with Crippen LogP contribution in [0.2, 0.25) is 0 Å². The molecule has 3 rings (SSSR count). The zero-order valence-corrected chi connectivity index (χ0v) is 10.6. The highest BCUT2D eigenvalue weighted by atomic mass is 19.1. The molecule has 1 aromatic rings. The van der Waals surface area contributed by atoms with E-state index in [0.29, 0.717) is 5.92 Å². The van der Waals surface area contributed by atoms with Crippen LogP contribution in [0.3, 0.4) is 0 Å². The minimum absolute atomic E-state index is 0.0406. The summed E-state index contributed by atoms with van der Waals surface area (Å²) in [5.74, 6) is -0.223. The van der Waals surface area contributed by atoms with Gasteiger partial charge in [-0.15, -0.1) is 0 Å². The van der Waals surface area contributed by atoms with Crippen LogP contribution in [-0.4, -0.2) is 43.9 Å². The predicted molar refractivity (Wildman–Crippen MR) is 66.1 cm³/mol. The van der Waals surface area contributed by atoms with Crippen LogP contribution in [0.15, 0.2) is 18.2 Å². The van der Waals surface area contributed by atoms with E-state index in [-0.39, 0.29) is 11.9 Å². The molecule has 3 nitrogen and oxygen atoms in total. The van der Waals surface area contributed by atoms with E-state index in [1.165, 1.54) is 12.1 Å². The molecule has 0 radical (unpaired) electrons. The lowest BCUT2D eigenvalue weighted by Gasteiger charge is -2.40. The van der Waals surface area contributed by atoms with Gasteiger partial charge in [0, 0.05) is 37.2 Å². The summed E-state index contributed by atoms with van der Waals surface area (Å²) in [5.41, 5.74) is 0. The highest BCUT2D eigenvalue weighted by molar-refractivity contribution is 5.24. The molecule has 0 saturated carbocycles. The normalized spacial score (nSPS) is 20.9. The van der Waals surface area contributed by atoms with Crippen LogP contribution in [0.1, 0.15) is 6.42 Å². The van der Waals surface area contributed by atoms with Gasteiger partial charge in [0.1, 0.15) is 23.5 Å². The van der Waals surface area contributed by atoms with Crippen molar-refractivity contribution in [2.45, 2.75) is 12.5 Å². The zero-order valence-electron chi connectivity index (χ0n) is 10.6. The average molecular weight is 269 g/mol. The van der Waals surface area contributed by atoms with Crippen molar-refractivity contribution < 1.29 is 18.3 Å². The summed E-state index contributed by atoms with van der Waals surface area (Å²) in [6.45, 7) is 4.47. The maximum Gasteiger partial charge on any atom is 0.129 e. The maximum atomic E-state index is 13.0. The van der Waals surface area contributed by atoms with E-state index in [1.54, 1.807) is 0 Å². The molecule has 0 aromatic heterocycles. The Hall–Kier alpha value is -1.20. The largest absolute Gasteiger partial charge is 0.488 e. The fraction of sp³-hybridized carbons (Fsp3) is 0.571. The number of halogens is 2. The number of benzene rings is 1. The molecule has 2 aliphatic heterocycles. The fourth-order valence-electron chi connectivity index (χ4n) is 2.38. The van der Waals surface area contributed by atoms with Crippen LogP contribution in [0.25, 0.3) is 0 Å². The lowest BCUT2D eigenvalue weighted by molar-refractivity contribution is -0.0485. The minimum Gasteiger partial charge on any atom is -0.488 e. The summed E-state index contributed by atoms with van der Waals surface area (Å²) >= 11 is 0. The van der Waals surface area contributed by atoms with Crippen molar-refractivity contribution in [1.82, 2.24) is 4.90 Å². The van der Waals surface area contributed by atoms with Crippen molar-refractivity contribution in [1.29, 1.82) is 0 Å². The quantitative estimate of drug-likeness (QED) is 0.816. The van der Waals surface area contributed by atoms with E-state index in [9.17, 15) is 8.78 Å². The van der Waals surface area contributed by atoms with Gasteiger partial charge in [-0.05, 0) is 13.0 Å². The highest BCUT2D eigenvalue weighted by Gasteiger charge is 2.29. The first-order chi connectivity index (χ1) is 9.19. The maximum absolute atomic E-state index is 13.0. The number of ether oxygens (including phenoxy) is 2. The second-order valence-corrected chi connectivity index (χ2v) is 5.30. The van der Waals surface area contributed by atoms with Gasteiger partial charge in [-0.25, -0.2) is 8.78 Å². The number of hydrogen-bond donors (Lipinski definition) is 0. The second-order valence-electron chi connectivity index (χ2n) is 5.30. The van der Waals surface area contributed by atoms with Gasteiger partial charge in [0.2, 0.25) is 0 Å². The molecule has 0 N–H and O–H groups in total. The standard InChI is InChI=1S/C14H17F2NO2/c15-11-3-12(16)5-13(4-11)19-14-6-17(7-14)2-1-10-8-18-9-10/h3-5,10,14H,1-2,6-9H2. The highest BCUT2D eigenvalue weighted by Crippen LogP contribution is 2.22. The number of rotatable bonds is 5. The van der Waals surface area contributed by atoms with Gasteiger partial charge in [-0.3, -0.25) is 4.90 Å². The van der Waals surface area contributed by atoms with Crippen molar-refractivity contribution >= 4 is 0 Å². The molecule has 2 heterocycles. The van der Waals surface area contributed by atoms with Crippen molar-refractivity contribution in [3.63, 3.8) is 0 Å². The number of likely N-dealkylation sites (tertiary alicyclic amines) is 1. The Kier molecular flexibility index (Phi) is 3.66. The lowest BCUT2D eigenvalue weighted by Crippen LogP contribution is -2.54. The molecule has 19 heavy (non-hydrogen) atoms. The van der Waals surface area contributed by atoms with Crippen LogP contribution in [0, 0.1) is 17.6 Å². The molecular weight excluding hydrogens is 252 g/mol. The summed E-state index contributed by atoms with van der Waals surface area (Å²) in [5, 5.41) is 0. The Morgan fingerprint density at radius 1 is 1.16 bits per heavy atom. The monoisotopic (exact) mass is 269 g/mol. The Labute approximate surface area is 111 Å². The Balaban J connectivity index is 1.40. The Morgan fingerprint density at radius 3 is 2.42 bits per heavy atom. The molecule has 2 fully saturated rings. The first-order valence-corrected chi connectivity index (χ1v) is 6.62. The Morgan fingerprint density at radius 2 is 1.84 bits per heavy atom. The predicted octanol–water partition coefficient (Wildman–Crippen LogP) is 2.06. The first-order valence-electron chi connectivity index (χ1n) is 6.62. The van der Waals surface area contributed by atoms with E-state index in [1.807, 2.05) is 0 Å². The fourth-order valence-corrected chi connectivity index (χ4v) is 2.38. The van der Waals surface area contributed by atoms with E-state index < -0.39 is 11.6 Å². The van der Waals surface area contributed by atoms with Crippen LogP contribution in [0.4, 0.5) is 8.78 Å². The molecule has 0 aliphatic carbocycles. The van der Waals surface area contributed by atoms with Crippen molar-refractivity contribution in [3.8, 4) is 5.75 Å². The van der Waals surface area contributed by atoms with E-state index in [0.717, 1.165) is 45.3 Å². The zero-order chi connectivity index (χ0) is 13.2. The van der Waals surface area contributed by atoms with Gasteiger partial charge in [0.05, 0.1) is 13.2 Å². The first kappa shape index (κ1) is 12.8. The molecule has 2 saturated heterocycles. The number of nitrogens with zero attached hydrogens (tertiary/aromatic N) is 1. The molecule has 0 bridgehead atoms. The van der Waals surface area contributed by atoms with Gasteiger partial charge in [-0.2, -0.15) is 0 Å². The molecule has 1 aromatic carbocycles.